The maximum absolute atomic E-state index is 15.2. The molecule has 4 aliphatic carbocycles. The Kier molecular flexibility index (Phi) is 8.00. The SMILES string of the molecule is Cc1ccc(S(=O)(=O)N=S(C)(=O)c2ccc([C@H]3C[C@@]4(C)C(CC[C@@]4(O)C(F)(F)C(F)(F)F)C4CCC5=CC(=O)CCC5=C43)cc2)cc1. The maximum atomic E-state index is 15.2. The second kappa shape index (κ2) is 11.1. The van der Waals surface area contributed by atoms with Gasteiger partial charge in [-0.1, -0.05) is 42.3 Å². The molecule has 0 heterocycles. The van der Waals surface area contributed by atoms with Gasteiger partial charge in [-0.2, -0.15) is 30.4 Å². The molecule has 13 heteroatoms. The fourth-order valence-corrected chi connectivity index (χ4v) is 12.0. The van der Waals surface area contributed by atoms with E-state index in [4.69, 9.17) is 0 Å². The summed E-state index contributed by atoms with van der Waals surface area (Å²) in [5.41, 5.74) is -1.11. The Bertz CT molecular complexity index is 1930. The molecule has 0 aliphatic heterocycles. The van der Waals surface area contributed by atoms with Gasteiger partial charge < -0.3 is 5.11 Å². The average molecular weight is 698 g/mol. The van der Waals surface area contributed by atoms with Crippen LogP contribution in [0.5, 0.6) is 0 Å². The Balaban J connectivity index is 1.45. The van der Waals surface area contributed by atoms with Crippen LogP contribution >= 0.6 is 0 Å². The summed E-state index contributed by atoms with van der Waals surface area (Å²) in [6.45, 7) is 3.13. The van der Waals surface area contributed by atoms with Crippen LogP contribution in [0.25, 0.3) is 0 Å². The molecular formula is C34H36F5NO5S2. The molecule has 2 aromatic rings. The third-order valence-corrected chi connectivity index (χ3v) is 15.0. The highest BCUT2D eigenvalue weighted by atomic mass is 32.3. The van der Waals surface area contributed by atoms with Crippen LogP contribution in [0.2, 0.25) is 0 Å². The van der Waals surface area contributed by atoms with Gasteiger partial charge >= 0.3 is 12.1 Å². The Morgan fingerprint density at radius 2 is 1.51 bits per heavy atom. The molecule has 0 bridgehead atoms. The molecule has 3 unspecified atom stereocenters. The van der Waals surface area contributed by atoms with Crippen molar-refractivity contribution in [3.8, 4) is 0 Å². The minimum absolute atomic E-state index is 0.00138. The summed E-state index contributed by atoms with van der Waals surface area (Å²) in [6, 6.07) is 12.0. The molecule has 2 aromatic carbocycles. The molecule has 0 aromatic heterocycles. The van der Waals surface area contributed by atoms with Crippen LogP contribution in [0.4, 0.5) is 22.0 Å². The van der Waals surface area contributed by atoms with Gasteiger partial charge in [0.05, 0.1) is 14.6 Å². The second-order valence-electron chi connectivity index (χ2n) is 13.7. The van der Waals surface area contributed by atoms with Crippen molar-refractivity contribution >= 4 is 25.5 Å². The van der Waals surface area contributed by atoms with E-state index in [2.05, 4.69) is 3.77 Å². The van der Waals surface area contributed by atoms with Crippen molar-refractivity contribution in [3.05, 3.63) is 82.5 Å². The Morgan fingerprint density at radius 1 is 0.894 bits per heavy atom. The number of sulfonamides is 1. The van der Waals surface area contributed by atoms with Gasteiger partial charge in [-0.15, -0.1) is 3.77 Å². The highest BCUT2D eigenvalue weighted by Gasteiger charge is 2.79. The van der Waals surface area contributed by atoms with Crippen molar-refractivity contribution in [2.24, 2.45) is 21.0 Å². The first-order valence-electron chi connectivity index (χ1n) is 15.5. The van der Waals surface area contributed by atoms with E-state index in [0.29, 0.717) is 24.8 Å². The van der Waals surface area contributed by atoms with E-state index in [1.807, 2.05) is 0 Å². The maximum Gasteiger partial charge on any atom is 0.456 e. The van der Waals surface area contributed by atoms with E-state index < -0.39 is 61.1 Å². The zero-order valence-corrected chi connectivity index (χ0v) is 27.7. The molecular weight excluding hydrogens is 661 g/mol. The molecule has 47 heavy (non-hydrogen) atoms. The van der Waals surface area contributed by atoms with Gasteiger partial charge in [0, 0.05) is 28.9 Å². The Morgan fingerprint density at radius 3 is 2.13 bits per heavy atom. The van der Waals surface area contributed by atoms with Gasteiger partial charge in [0.2, 0.25) is 0 Å². The number of nitrogens with zero attached hydrogens (tertiary/aromatic N) is 1. The van der Waals surface area contributed by atoms with Crippen molar-refractivity contribution in [3.63, 3.8) is 0 Å². The van der Waals surface area contributed by atoms with Crippen LogP contribution in [0.3, 0.4) is 0 Å². The average Bonchev–Trinajstić information content (AvgIpc) is 3.27. The van der Waals surface area contributed by atoms with Crippen molar-refractivity contribution in [1.82, 2.24) is 0 Å². The number of rotatable bonds is 5. The van der Waals surface area contributed by atoms with E-state index in [9.17, 15) is 35.7 Å². The monoisotopic (exact) mass is 697 g/mol. The highest BCUT2D eigenvalue weighted by Crippen LogP contribution is 2.70. The first-order chi connectivity index (χ1) is 21.7. The number of fused-ring (bicyclic) bond motifs is 4. The van der Waals surface area contributed by atoms with Gasteiger partial charge in [-0.05, 0) is 104 Å². The van der Waals surface area contributed by atoms with Crippen LogP contribution in [0.1, 0.15) is 68.9 Å². The Hall–Kier alpha value is -2.90. The second-order valence-corrected chi connectivity index (χ2v) is 17.8. The lowest BCUT2D eigenvalue weighted by molar-refractivity contribution is -0.362. The van der Waals surface area contributed by atoms with E-state index in [1.165, 1.54) is 37.4 Å². The molecule has 0 amide bonds. The van der Waals surface area contributed by atoms with Crippen molar-refractivity contribution < 1.29 is 44.5 Å². The Labute approximate surface area is 271 Å². The van der Waals surface area contributed by atoms with Gasteiger partial charge in [0.25, 0.3) is 10.0 Å². The van der Waals surface area contributed by atoms with Gasteiger partial charge in [0.15, 0.2) is 5.78 Å². The number of alkyl halides is 5. The van der Waals surface area contributed by atoms with Crippen molar-refractivity contribution in [2.75, 3.05) is 6.26 Å². The van der Waals surface area contributed by atoms with Gasteiger partial charge in [-0.25, -0.2) is 4.21 Å². The zero-order valence-electron chi connectivity index (χ0n) is 26.1. The minimum atomic E-state index is -5.95. The number of ketones is 1. The summed E-state index contributed by atoms with van der Waals surface area (Å²) in [7, 11) is -7.78. The summed E-state index contributed by atoms with van der Waals surface area (Å²) in [5.74, 6) is -7.08. The normalized spacial score (nSPS) is 31.0. The van der Waals surface area contributed by atoms with E-state index in [1.54, 1.807) is 37.3 Å². The molecule has 0 spiro atoms. The van der Waals surface area contributed by atoms with E-state index in [0.717, 1.165) is 22.3 Å². The number of hydrogen-bond acceptors (Lipinski definition) is 5. The third kappa shape index (κ3) is 5.31. The largest absolute Gasteiger partial charge is 0.456 e. The number of halogens is 5. The third-order valence-electron chi connectivity index (χ3n) is 11.0. The predicted molar refractivity (Wildman–Crippen MR) is 166 cm³/mol. The van der Waals surface area contributed by atoms with Crippen LogP contribution in [0, 0.1) is 24.2 Å². The lowest BCUT2D eigenvalue weighted by Crippen LogP contribution is -2.65. The molecule has 0 saturated heterocycles. The molecule has 4 aliphatic rings. The summed E-state index contributed by atoms with van der Waals surface area (Å²) in [4.78, 5) is 12.3. The summed E-state index contributed by atoms with van der Waals surface area (Å²) in [6.07, 6.45) is -2.47. The summed E-state index contributed by atoms with van der Waals surface area (Å²) < 4.78 is 115. The fourth-order valence-electron chi connectivity index (χ4n) is 8.65. The quantitative estimate of drug-likeness (QED) is 0.324. The number of aryl methyl sites for hydroxylation is 1. The van der Waals surface area contributed by atoms with Crippen LogP contribution in [0.15, 0.2) is 84.9 Å². The number of aliphatic hydroxyl groups is 1. The molecule has 6 rings (SSSR count). The number of carbonyl (C=O) groups is 1. The standard InChI is InChI=1S/C34H36F5NO5S2/c1-20-4-10-25(11-5-20)47(44,45)40-46(3,43)24-12-6-21(7-13-24)28-19-31(2)29(16-17-32(31,42)33(35,36)34(37,38)39)27-14-8-22-18-23(41)9-15-26(22)30(27)28/h4-7,10-13,18,27-29,42H,8-9,14-17,19H2,1-3H3/t27?,28-,29?,31+,32+,46?/m1/s1. The summed E-state index contributed by atoms with van der Waals surface area (Å²) in [5, 5.41) is 11.4. The minimum Gasteiger partial charge on any atom is -0.383 e. The molecule has 1 N–H and O–H groups in total. The summed E-state index contributed by atoms with van der Waals surface area (Å²) >= 11 is 0. The number of allylic oxidation sites excluding steroid dienone is 4. The van der Waals surface area contributed by atoms with Gasteiger partial charge in [-0.3, -0.25) is 4.79 Å². The first kappa shape index (κ1) is 34.0. The molecule has 0 radical (unpaired) electrons. The number of carbonyl (C=O) groups excluding carboxylic acids is 1. The van der Waals surface area contributed by atoms with E-state index >= 15 is 8.78 Å². The van der Waals surface area contributed by atoms with Crippen LogP contribution < -0.4 is 0 Å². The lowest BCUT2D eigenvalue weighted by Gasteiger charge is -2.56. The van der Waals surface area contributed by atoms with E-state index in [-0.39, 0.29) is 40.8 Å². The predicted octanol–water partition coefficient (Wildman–Crippen LogP) is 7.67. The zero-order chi connectivity index (χ0) is 34.4. The van der Waals surface area contributed by atoms with Crippen LogP contribution in [-0.4, -0.2) is 47.5 Å². The molecule has 2 fully saturated rings. The van der Waals surface area contributed by atoms with Crippen molar-refractivity contribution in [2.45, 2.75) is 92.2 Å². The van der Waals surface area contributed by atoms with Gasteiger partial charge in [0.1, 0.15) is 5.60 Å². The number of benzene rings is 2. The van der Waals surface area contributed by atoms with Crippen molar-refractivity contribution in [1.29, 1.82) is 0 Å². The van der Waals surface area contributed by atoms with Crippen LogP contribution in [-0.2, 0) is 24.5 Å². The highest BCUT2D eigenvalue weighted by molar-refractivity contribution is 8.03. The first-order valence-corrected chi connectivity index (χ1v) is 18.9. The topological polar surface area (TPSA) is 101 Å². The molecule has 2 saturated carbocycles. The molecule has 6 atom stereocenters. The molecule has 254 valence electrons. The smallest absolute Gasteiger partial charge is 0.383 e. The number of hydrogen-bond donors (Lipinski definition) is 1. The fraction of sp³-hybridized carbons (Fsp3) is 0.500. The molecule has 6 nitrogen and oxygen atoms in total. The lowest BCUT2D eigenvalue weighted by atomic mass is 9.50.